The molecule has 0 saturated carbocycles. The zero-order valence-corrected chi connectivity index (χ0v) is 13.6. The van der Waals surface area contributed by atoms with Crippen molar-refractivity contribution in [2.45, 2.75) is 19.3 Å². The zero-order chi connectivity index (χ0) is 18.9. The van der Waals surface area contributed by atoms with E-state index in [-0.39, 0.29) is 23.5 Å². The van der Waals surface area contributed by atoms with Crippen LogP contribution in [-0.4, -0.2) is 24.8 Å². The monoisotopic (exact) mass is 365 g/mol. The first-order valence-corrected chi connectivity index (χ1v) is 7.76. The minimum atomic E-state index is -4.55. The fourth-order valence-electron chi connectivity index (χ4n) is 2.67. The fourth-order valence-corrected chi connectivity index (χ4v) is 2.67. The Morgan fingerprint density at radius 3 is 2.62 bits per heavy atom. The lowest BCUT2D eigenvalue weighted by Gasteiger charge is -2.36. The molecule has 1 atom stereocenters. The third-order valence-electron chi connectivity index (χ3n) is 3.78. The van der Waals surface area contributed by atoms with Crippen LogP contribution in [0.25, 0.3) is 0 Å². The van der Waals surface area contributed by atoms with Gasteiger partial charge in [0.05, 0.1) is 23.4 Å². The molecule has 0 amide bonds. The molecule has 0 bridgehead atoms. The SMILES string of the molecule is CCOC(=O)C1OC(=O)c2ccccc2N1c1cccc(C(F)(F)F)c1. The van der Waals surface area contributed by atoms with E-state index in [1.807, 2.05) is 0 Å². The number of cyclic esters (lactones) is 1. The van der Waals surface area contributed by atoms with Crippen LogP contribution in [0.3, 0.4) is 0 Å². The van der Waals surface area contributed by atoms with Crippen LogP contribution in [0.4, 0.5) is 24.5 Å². The first-order chi connectivity index (χ1) is 12.3. The number of hydrogen-bond acceptors (Lipinski definition) is 5. The minimum Gasteiger partial charge on any atom is -0.462 e. The molecular weight excluding hydrogens is 351 g/mol. The zero-order valence-electron chi connectivity index (χ0n) is 13.6. The van der Waals surface area contributed by atoms with Gasteiger partial charge in [-0.25, -0.2) is 9.59 Å². The highest BCUT2D eigenvalue weighted by Gasteiger charge is 2.40. The first kappa shape index (κ1) is 17.8. The Bertz CT molecular complexity index is 850. The van der Waals surface area contributed by atoms with Crippen LogP contribution < -0.4 is 4.90 Å². The predicted molar refractivity (Wildman–Crippen MR) is 85.9 cm³/mol. The Labute approximate surface area is 146 Å². The highest BCUT2D eigenvalue weighted by Crippen LogP contribution is 2.38. The van der Waals surface area contributed by atoms with Crippen molar-refractivity contribution < 1.29 is 32.2 Å². The molecule has 0 aromatic heterocycles. The van der Waals surface area contributed by atoms with Crippen LogP contribution in [0.2, 0.25) is 0 Å². The number of nitrogens with zero attached hydrogens (tertiary/aromatic N) is 1. The third-order valence-corrected chi connectivity index (χ3v) is 3.78. The van der Waals surface area contributed by atoms with E-state index in [9.17, 15) is 22.8 Å². The Morgan fingerprint density at radius 1 is 1.19 bits per heavy atom. The number of ether oxygens (including phenoxy) is 2. The summed E-state index contributed by atoms with van der Waals surface area (Å²) >= 11 is 0. The van der Waals surface area contributed by atoms with Crippen LogP contribution in [-0.2, 0) is 20.4 Å². The van der Waals surface area contributed by atoms with Crippen LogP contribution >= 0.6 is 0 Å². The van der Waals surface area contributed by atoms with Crippen LogP contribution in [0.15, 0.2) is 48.5 Å². The standard InChI is InChI=1S/C18H14F3NO4/c1-2-25-17(24)15-22(12-7-5-6-11(10-12)18(19,20)21)14-9-4-3-8-13(14)16(23)26-15/h3-10,15H,2H2,1H3. The second-order valence-corrected chi connectivity index (χ2v) is 5.44. The number of halogens is 3. The van der Waals surface area contributed by atoms with E-state index in [0.29, 0.717) is 0 Å². The molecule has 0 aliphatic carbocycles. The maximum atomic E-state index is 13.1. The number of anilines is 2. The van der Waals surface area contributed by atoms with Gasteiger partial charge in [0.15, 0.2) is 0 Å². The van der Waals surface area contributed by atoms with Gasteiger partial charge in [-0.1, -0.05) is 18.2 Å². The van der Waals surface area contributed by atoms with E-state index in [1.54, 1.807) is 19.1 Å². The second-order valence-electron chi connectivity index (χ2n) is 5.44. The van der Waals surface area contributed by atoms with Gasteiger partial charge in [-0.15, -0.1) is 0 Å². The molecule has 2 aromatic carbocycles. The largest absolute Gasteiger partial charge is 0.462 e. The molecule has 5 nitrogen and oxygen atoms in total. The summed E-state index contributed by atoms with van der Waals surface area (Å²) in [6, 6.07) is 10.6. The van der Waals surface area contributed by atoms with Gasteiger partial charge in [-0.2, -0.15) is 13.2 Å². The van der Waals surface area contributed by atoms with Crippen molar-refractivity contribution in [1.82, 2.24) is 0 Å². The molecule has 26 heavy (non-hydrogen) atoms. The molecule has 0 fully saturated rings. The number of carbonyl (C=O) groups is 2. The summed E-state index contributed by atoms with van der Waals surface area (Å²) in [6.45, 7) is 1.61. The van der Waals surface area contributed by atoms with E-state index in [0.717, 1.165) is 12.1 Å². The number of benzene rings is 2. The van der Waals surface area contributed by atoms with Gasteiger partial charge in [0.25, 0.3) is 6.23 Å². The number of alkyl halides is 3. The molecule has 0 saturated heterocycles. The van der Waals surface area contributed by atoms with E-state index in [1.165, 1.54) is 29.2 Å². The number of rotatable bonds is 3. The number of hydrogen-bond donors (Lipinski definition) is 0. The van der Waals surface area contributed by atoms with Crippen molar-refractivity contribution >= 4 is 23.3 Å². The van der Waals surface area contributed by atoms with Crippen molar-refractivity contribution in [3.8, 4) is 0 Å². The average Bonchev–Trinajstić information content (AvgIpc) is 2.61. The molecule has 1 aliphatic heterocycles. The molecule has 0 N–H and O–H groups in total. The van der Waals surface area contributed by atoms with Gasteiger partial charge in [0, 0.05) is 5.69 Å². The maximum absolute atomic E-state index is 13.1. The number of fused-ring (bicyclic) bond motifs is 1. The molecule has 8 heteroatoms. The summed E-state index contributed by atoms with van der Waals surface area (Å²) in [6.07, 6.45) is -6.07. The molecule has 3 rings (SSSR count). The van der Waals surface area contributed by atoms with Crippen LogP contribution in [0.1, 0.15) is 22.8 Å². The molecule has 1 heterocycles. The van der Waals surface area contributed by atoms with Crippen molar-refractivity contribution in [3.05, 3.63) is 59.7 Å². The van der Waals surface area contributed by atoms with Crippen LogP contribution in [0.5, 0.6) is 0 Å². The molecule has 2 aromatic rings. The Hall–Kier alpha value is -3.03. The minimum absolute atomic E-state index is 0.0327. The lowest BCUT2D eigenvalue weighted by Crippen LogP contribution is -2.46. The van der Waals surface area contributed by atoms with E-state index in [2.05, 4.69) is 0 Å². The molecular formula is C18H14F3NO4. The van der Waals surface area contributed by atoms with E-state index in [4.69, 9.17) is 9.47 Å². The molecule has 0 radical (unpaired) electrons. The summed E-state index contributed by atoms with van der Waals surface area (Å²) in [5.74, 6) is -1.62. The Balaban J connectivity index is 2.15. The topological polar surface area (TPSA) is 55.8 Å². The molecule has 0 spiro atoms. The highest BCUT2D eigenvalue weighted by atomic mass is 19.4. The number of para-hydroxylation sites is 1. The fraction of sp³-hybridized carbons (Fsp3) is 0.222. The van der Waals surface area contributed by atoms with Gasteiger partial charge < -0.3 is 9.47 Å². The van der Waals surface area contributed by atoms with Crippen molar-refractivity contribution in [2.75, 3.05) is 11.5 Å². The average molecular weight is 365 g/mol. The second kappa shape index (κ2) is 6.70. The Kier molecular flexibility index (Phi) is 4.58. The summed E-state index contributed by atoms with van der Waals surface area (Å²) in [4.78, 5) is 25.7. The molecule has 1 unspecified atom stereocenters. The van der Waals surface area contributed by atoms with E-state index < -0.39 is 29.9 Å². The highest BCUT2D eigenvalue weighted by molar-refractivity contribution is 6.02. The molecule has 136 valence electrons. The summed E-state index contributed by atoms with van der Waals surface area (Å²) in [5, 5.41) is 0. The number of carbonyl (C=O) groups excluding carboxylic acids is 2. The van der Waals surface area contributed by atoms with Gasteiger partial charge in [-0.3, -0.25) is 4.90 Å². The lowest BCUT2D eigenvalue weighted by molar-refractivity contribution is -0.153. The summed E-state index contributed by atoms with van der Waals surface area (Å²) in [7, 11) is 0. The van der Waals surface area contributed by atoms with Gasteiger partial charge in [0.2, 0.25) is 0 Å². The lowest BCUT2D eigenvalue weighted by atomic mass is 10.1. The summed E-state index contributed by atoms with van der Waals surface area (Å²) in [5.41, 5.74) is -0.420. The maximum Gasteiger partial charge on any atom is 0.416 e. The van der Waals surface area contributed by atoms with Gasteiger partial charge >= 0.3 is 18.1 Å². The molecule has 1 aliphatic rings. The predicted octanol–water partition coefficient (Wildman–Crippen LogP) is 3.90. The normalized spacial score (nSPS) is 16.7. The van der Waals surface area contributed by atoms with E-state index >= 15 is 0 Å². The summed E-state index contributed by atoms with van der Waals surface area (Å²) < 4.78 is 49.3. The first-order valence-electron chi connectivity index (χ1n) is 7.76. The van der Waals surface area contributed by atoms with Gasteiger partial charge in [0.1, 0.15) is 0 Å². The van der Waals surface area contributed by atoms with Gasteiger partial charge in [-0.05, 0) is 37.3 Å². The van der Waals surface area contributed by atoms with Crippen molar-refractivity contribution in [1.29, 1.82) is 0 Å². The number of esters is 2. The van der Waals surface area contributed by atoms with Crippen molar-refractivity contribution in [3.63, 3.8) is 0 Å². The quantitative estimate of drug-likeness (QED) is 0.772. The third kappa shape index (κ3) is 3.22. The smallest absolute Gasteiger partial charge is 0.416 e. The Morgan fingerprint density at radius 2 is 1.92 bits per heavy atom. The van der Waals surface area contributed by atoms with Crippen molar-refractivity contribution in [2.24, 2.45) is 0 Å². The van der Waals surface area contributed by atoms with Crippen LogP contribution in [0, 0.1) is 0 Å².